The number of carbonyl (C=O) groups excluding carboxylic acids is 1. The number of carbonyl (C=O) groups is 2. The summed E-state index contributed by atoms with van der Waals surface area (Å²) in [5.41, 5.74) is 0.381. The molecule has 1 aromatic rings. The fraction of sp³-hybridized carbons (Fsp3) is 0.385. The summed E-state index contributed by atoms with van der Waals surface area (Å²) in [4.78, 5) is 22.4. The summed E-state index contributed by atoms with van der Waals surface area (Å²) in [5, 5.41) is 11.7. The third-order valence-corrected chi connectivity index (χ3v) is 2.58. The van der Waals surface area contributed by atoms with Crippen molar-refractivity contribution in [1.82, 2.24) is 5.32 Å². The first kappa shape index (κ1) is 14.2. The zero-order valence-corrected chi connectivity index (χ0v) is 10.1. The highest BCUT2D eigenvalue weighted by atomic mass is 19.1. The number of benzene rings is 1. The lowest BCUT2D eigenvalue weighted by Gasteiger charge is -2.12. The third-order valence-electron chi connectivity index (χ3n) is 2.58. The van der Waals surface area contributed by atoms with Gasteiger partial charge in [0.1, 0.15) is 5.82 Å². The summed E-state index contributed by atoms with van der Waals surface area (Å²) in [5.74, 6) is -2.58. The van der Waals surface area contributed by atoms with Gasteiger partial charge in [-0.25, -0.2) is 4.39 Å². The van der Waals surface area contributed by atoms with Gasteiger partial charge in [0.15, 0.2) is 0 Å². The second-order valence-corrected chi connectivity index (χ2v) is 3.94. The lowest BCUT2D eigenvalue weighted by Crippen LogP contribution is -2.24. The number of halogens is 1. The van der Waals surface area contributed by atoms with E-state index in [4.69, 9.17) is 5.11 Å². The van der Waals surface area contributed by atoms with Crippen molar-refractivity contribution >= 4 is 11.9 Å². The predicted molar refractivity (Wildman–Crippen MR) is 64.7 cm³/mol. The van der Waals surface area contributed by atoms with Crippen LogP contribution in [0.3, 0.4) is 0 Å². The molecule has 0 saturated heterocycles. The fourth-order valence-corrected chi connectivity index (χ4v) is 1.72. The van der Waals surface area contributed by atoms with Crippen LogP contribution < -0.4 is 5.32 Å². The highest BCUT2D eigenvalue weighted by Crippen LogP contribution is 2.22. The van der Waals surface area contributed by atoms with Crippen LogP contribution in [-0.2, 0) is 9.59 Å². The SMILES string of the molecule is CCNC(=O)CCC(C(=O)O)c1cccc(F)c1. The van der Waals surface area contributed by atoms with Gasteiger partial charge in [-0.15, -0.1) is 0 Å². The van der Waals surface area contributed by atoms with Crippen LogP contribution in [0.4, 0.5) is 4.39 Å². The molecule has 1 rings (SSSR count). The summed E-state index contributed by atoms with van der Waals surface area (Å²) in [6, 6.07) is 5.47. The summed E-state index contributed by atoms with van der Waals surface area (Å²) in [6.07, 6.45) is 0.270. The number of carboxylic acid groups (broad SMARTS) is 1. The standard InChI is InChI=1S/C13H16FNO3/c1-2-15-12(16)7-6-11(13(17)18)9-4-3-5-10(14)8-9/h3-5,8,11H,2,6-7H2,1H3,(H,15,16)(H,17,18). The average Bonchev–Trinajstić information content (AvgIpc) is 2.29. The van der Waals surface area contributed by atoms with Gasteiger partial charge in [-0.2, -0.15) is 0 Å². The molecular formula is C13H16FNO3. The van der Waals surface area contributed by atoms with Crippen LogP contribution in [0, 0.1) is 5.82 Å². The van der Waals surface area contributed by atoms with Crippen molar-refractivity contribution in [1.29, 1.82) is 0 Å². The molecule has 0 heterocycles. The molecule has 0 aliphatic rings. The Morgan fingerprint density at radius 2 is 2.17 bits per heavy atom. The Kier molecular flexibility index (Phi) is 5.30. The van der Waals surface area contributed by atoms with Gasteiger partial charge >= 0.3 is 5.97 Å². The van der Waals surface area contributed by atoms with Gasteiger partial charge in [0, 0.05) is 13.0 Å². The predicted octanol–water partition coefficient (Wildman–Crippen LogP) is 1.91. The van der Waals surface area contributed by atoms with Crippen molar-refractivity contribution in [2.24, 2.45) is 0 Å². The molecule has 1 aromatic carbocycles. The Labute approximate surface area is 105 Å². The molecule has 0 saturated carbocycles. The van der Waals surface area contributed by atoms with Crippen LogP contribution in [0.15, 0.2) is 24.3 Å². The molecule has 1 unspecified atom stereocenters. The monoisotopic (exact) mass is 253 g/mol. The largest absolute Gasteiger partial charge is 0.481 e. The van der Waals surface area contributed by atoms with Gasteiger partial charge in [-0.05, 0) is 31.0 Å². The third kappa shape index (κ3) is 4.16. The molecule has 18 heavy (non-hydrogen) atoms. The number of rotatable bonds is 6. The zero-order chi connectivity index (χ0) is 13.5. The molecule has 0 aliphatic carbocycles. The molecule has 1 amide bonds. The molecule has 0 spiro atoms. The Morgan fingerprint density at radius 1 is 1.44 bits per heavy atom. The highest BCUT2D eigenvalue weighted by molar-refractivity contribution is 5.79. The van der Waals surface area contributed by atoms with Crippen molar-refractivity contribution in [3.05, 3.63) is 35.6 Å². The first-order chi connectivity index (χ1) is 8.54. The smallest absolute Gasteiger partial charge is 0.310 e. The van der Waals surface area contributed by atoms with Gasteiger partial charge < -0.3 is 10.4 Å². The molecule has 2 N–H and O–H groups in total. The van der Waals surface area contributed by atoms with E-state index in [0.29, 0.717) is 12.1 Å². The van der Waals surface area contributed by atoms with E-state index in [1.54, 1.807) is 13.0 Å². The molecule has 0 aromatic heterocycles. The van der Waals surface area contributed by atoms with Gasteiger partial charge in [-0.1, -0.05) is 12.1 Å². The maximum Gasteiger partial charge on any atom is 0.310 e. The van der Waals surface area contributed by atoms with Crippen LogP contribution in [-0.4, -0.2) is 23.5 Å². The minimum atomic E-state index is -1.05. The number of aliphatic carboxylic acids is 1. The average molecular weight is 253 g/mol. The van der Waals surface area contributed by atoms with E-state index >= 15 is 0 Å². The second kappa shape index (κ2) is 6.74. The fourth-order valence-electron chi connectivity index (χ4n) is 1.72. The molecule has 5 heteroatoms. The van der Waals surface area contributed by atoms with Crippen LogP contribution in [0.5, 0.6) is 0 Å². The summed E-state index contributed by atoms with van der Waals surface area (Å²) in [7, 11) is 0. The van der Waals surface area contributed by atoms with Crippen LogP contribution in [0.2, 0.25) is 0 Å². The van der Waals surface area contributed by atoms with E-state index in [-0.39, 0.29) is 18.7 Å². The first-order valence-electron chi connectivity index (χ1n) is 5.79. The van der Waals surface area contributed by atoms with Gasteiger partial charge in [-0.3, -0.25) is 9.59 Å². The number of amides is 1. The molecule has 1 atom stereocenters. The second-order valence-electron chi connectivity index (χ2n) is 3.94. The lowest BCUT2D eigenvalue weighted by molar-refractivity contribution is -0.139. The number of hydrogen-bond donors (Lipinski definition) is 2. The maximum absolute atomic E-state index is 13.0. The van der Waals surface area contributed by atoms with Crippen molar-refractivity contribution in [2.45, 2.75) is 25.7 Å². The van der Waals surface area contributed by atoms with Gasteiger partial charge in [0.05, 0.1) is 5.92 Å². The zero-order valence-electron chi connectivity index (χ0n) is 10.1. The molecule has 0 aliphatic heterocycles. The van der Waals surface area contributed by atoms with E-state index in [0.717, 1.165) is 0 Å². The first-order valence-corrected chi connectivity index (χ1v) is 5.79. The van der Waals surface area contributed by atoms with Crippen molar-refractivity contribution in [2.75, 3.05) is 6.54 Å². The van der Waals surface area contributed by atoms with Gasteiger partial charge in [0.2, 0.25) is 5.91 Å². The van der Waals surface area contributed by atoms with E-state index in [1.807, 2.05) is 0 Å². The van der Waals surface area contributed by atoms with Crippen molar-refractivity contribution in [3.8, 4) is 0 Å². The summed E-state index contributed by atoms with van der Waals surface area (Å²) >= 11 is 0. The number of nitrogens with one attached hydrogen (secondary N) is 1. The van der Waals surface area contributed by atoms with E-state index < -0.39 is 17.7 Å². The topological polar surface area (TPSA) is 66.4 Å². The van der Waals surface area contributed by atoms with Crippen LogP contribution in [0.25, 0.3) is 0 Å². The molecular weight excluding hydrogens is 237 g/mol. The maximum atomic E-state index is 13.0. The molecule has 4 nitrogen and oxygen atoms in total. The Balaban J connectivity index is 2.72. The Morgan fingerprint density at radius 3 is 2.72 bits per heavy atom. The molecule has 98 valence electrons. The Hall–Kier alpha value is -1.91. The van der Waals surface area contributed by atoms with Crippen LogP contribution in [0.1, 0.15) is 31.2 Å². The molecule has 0 radical (unpaired) electrons. The van der Waals surface area contributed by atoms with E-state index in [9.17, 15) is 14.0 Å². The van der Waals surface area contributed by atoms with E-state index in [1.165, 1.54) is 18.2 Å². The number of carboxylic acids is 1. The Bertz CT molecular complexity index is 434. The highest BCUT2D eigenvalue weighted by Gasteiger charge is 2.21. The molecule has 0 fully saturated rings. The normalized spacial score (nSPS) is 11.9. The summed E-state index contributed by atoms with van der Waals surface area (Å²) in [6.45, 7) is 2.30. The molecule has 0 bridgehead atoms. The van der Waals surface area contributed by atoms with Crippen molar-refractivity contribution < 1.29 is 19.1 Å². The minimum Gasteiger partial charge on any atom is -0.481 e. The number of hydrogen-bond acceptors (Lipinski definition) is 2. The quantitative estimate of drug-likeness (QED) is 0.813. The van der Waals surface area contributed by atoms with Crippen molar-refractivity contribution in [3.63, 3.8) is 0 Å². The summed E-state index contributed by atoms with van der Waals surface area (Å²) < 4.78 is 13.0. The van der Waals surface area contributed by atoms with Gasteiger partial charge in [0.25, 0.3) is 0 Å². The van der Waals surface area contributed by atoms with E-state index in [2.05, 4.69) is 5.32 Å². The lowest BCUT2D eigenvalue weighted by atomic mass is 9.94. The minimum absolute atomic E-state index is 0.112. The van der Waals surface area contributed by atoms with Crippen LogP contribution >= 0.6 is 0 Å².